The van der Waals surface area contributed by atoms with Crippen molar-refractivity contribution in [3.8, 4) is 5.75 Å². The standard InChI is InChI=1S/C13H21N3O4S/c1-14-7-8-15-13(17)10-5-6-11(20-4)12(9-10)21(18,19)16(2)3/h5-6,9,14H,7-8H2,1-4H3,(H,15,17). The monoisotopic (exact) mass is 315 g/mol. The molecule has 0 saturated heterocycles. The van der Waals surface area contributed by atoms with Crippen LogP contribution in [-0.2, 0) is 10.0 Å². The first-order valence-electron chi connectivity index (χ1n) is 6.38. The Morgan fingerprint density at radius 1 is 1.29 bits per heavy atom. The fourth-order valence-electron chi connectivity index (χ4n) is 1.62. The van der Waals surface area contributed by atoms with Gasteiger partial charge in [-0.1, -0.05) is 0 Å². The maximum absolute atomic E-state index is 12.3. The van der Waals surface area contributed by atoms with Crippen molar-refractivity contribution in [2.45, 2.75) is 4.90 Å². The van der Waals surface area contributed by atoms with E-state index in [9.17, 15) is 13.2 Å². The third-order valence-electron chi connectivity index (χ3n) is 2.84. The molecule has 0 aliphatic rings. The Balaban J connectivity index is 3.14. The van der Waals surface area contributed by atoms with Crippen molar-refractivity contribution in [2.24, 2.45) is 0 Å². The maximum Gasteiger partial charge on any atom is 0.251 e. The van der Waals surface area contributed by atoms with Gasteiger partial charge in [0.05, 0.1) is 7.11 Å². The van der Waals surface area contributed by atoms with E-state index in [1.807, 2.05) is 0 Å². The maximum atomic E-state index is 12.3. The highest BCUT2D eigenvalue weighted by Crippen LogP contribution is 2.26. The van der Waals surface area contributed by atoms with Crippen molar-refractivity contribution in [3.63, 3.8) is 0 Å². The smallest absolute Gasteiger partial charge is 0.251 e. The summed E-state index contributed by atoms with van der Waals surface area (Å²) in [6.45, 7) is 1.09. The van der Waals surface area contributed by atoms with Gasteiger partial charge in [-0.15, -0.1) is 0 Å². The largest absolute Gasteiger partial charge is 0.495 e. The number of benzene rings is 1. The molecule has 0 radical (unpaired) electrons. The topological polar surface area (TPSA) is 87.7 Å². The third-order valence-corrected chi connectivity index (χ3v) is 4.68. The van der Waals surface area contributed by atoms with E-state index in [0.717, 1.165) is 4.31 Å². The fourth-order valence-corrected chi connectivity index (χ4v) is 2.69. The Hall–Kier alpha value is -1.64. The van der Waals surface area contributed by atoms with Gasteiger partial charge in [-0.05, 0) is 25.2 Å². The van der Waals surface area contributed by atoms with Crippen LogP contribution < -0.4 is 15.4 Å². The molecule has 0 unspecified atom stereocenters. The summed E-state index contributed by atoms with van der Waals surface area (Å²) in [5.41, 5.74) is 0.271. The van der Waals surface area contributed by atoms with Crippen LogP contribution in [0, 0.1) is 0 Å². The minimum Gasteiger partial charge on any atom is -0.495 e. The van der Waals surface area contributed by atoms with E-state index in [1.54, 1.807) is 7.05 Å². The normalized spacial score (nSPS) is 11.5. The second-order valence-corrected chi connectivity index (χ2v) is 6.63. The zero-order valence-electron chi connectivity index (χ0n) is 12.6. The van der Waals surface area contributed by atoms with Crippen molar-refractivity contribution >= 4 is 15.9 Å². The van der Waals surface area contributed by atoms with Gasteiger partial charge in [-0.2, -0.15) is 0 Å². The molecule has 7 nitrogen and oxygen atoms in total. The summed E-state index contributed by atoms with van der Waals surface area (Å²) in [5, 5.41) is 5.60. The number of nitrogens with one attached hydrogen (secondary N) is 2. The number of sulfonamides is 1. The molecule has 2 N–H and O–H groups in total. The molecule has 1 rings (SSSR count). The summed E-state index contributed by atoms with van der Waals surface area (Å²) >= 11 is 0. The lowest BCUT2D eigenvalue weighted by Crippen LogP contribution is -2.30. The number of ether oxygens (including phenoxy) is 1. The number of hydrogen-bond acceptors (Lipinski definition) is 5. The summed E-state index contributed by atoms with van der Waals surface area (Å²) in [6.07, 6.45) is 0. The number of carbonyl (C=O) groups excluding carboxylic acids is 1. The second kappa shape index (κ2) is 7.39. The average molecular weight is 315 g/mol. The number of amides is 1. The lowest BCUT2D eigenvalue weighted by atomic mass is 10.2. The van der Waals surface area contributed by atoms with Gasteiger partial charge >= 0.3 is 0 Å². The summed E-state index contributed by atoms with van der Waals surface area (Å²) in [7, 11) is 2.33. The number of hydrogen-bond donors (Lipinski definition) is 2. The molecule has 0 saturated carbocycles. The Morgan fingerprint density at radius 3 is 2.48 bits per heavy atom. The quantitative estimate of drug-likeness (QED) is 0.686. The highest BCUT2D eigenvalue weighted by Gasteiger charge is 2.23. The van der Waals surface area contributed by atoms with Gasteiger partial charge in [0.15, 0.2) is 0 Å². The van der Waals surface area contributed by atoms with Gasteiger partial charge in [0.1, 0.15) is 10.6 Å². The van der Waals surface area contributed by atoms with Crippen molar-refractivity contribution in [2.75, 3.05) is 41.3 Å². The minimum absolute atomic E-state index is 0.0312. The Morgan fingerprint density at radius 2 is 1.95 bits per heavy atom. The SMILES string of the molecule is CNCCNC(=O)c1ccc(OC)c(S(=O)(=O)N(C)C)c1. The van der Waals surface area contributed by atoms with E-state index in [1.165, 1.54) is 39.4 Å². The molecule has 1 amide bonds. The van der Waals surface area contributed by atoms with Gasteiger partial charge in [0.25, 0.3) is 5.91 Å². The first-order valence-corrected chi connectivity index (χ1v) is 7.82. The van der Waals surface area contributed by atoms with E-state index >= 15 is 0 Å². The van der Waals surface area contributed by atoms with E-state index in [2.05, 4.69) is 10.6 Å². The van der Waals surface area contributed by atoms with Crippen molar-refractivity contribution in [3.05, 3.63) is 23.8 Å². The molecule has 0 aromatic heterocycles. The number of carbonyl (C=O) groups is 1. The lowest BCUT2D eigenvalue weighted by molar-refractivity contribution is 0.0954. The summed E-state index contributed by atoms with van der Waals surface area (Å²) in [5.74, 6) is -0.126. The molecule has 0 spiro atoms. The van der Waals surface area contributed by atoms with Crippen LogP contribution in [0.3, 0.4) is 0 Å². The molecule has 0 heterocycles. The zero-order valence-corrected chi connectivity index (χ0v) is 13.5. The number of nitrogens with zero attached hydrogens (tertiary/aromatic N) is 1. The Bertz CT molecular complexity index is 599. The van der Waals surface area contributed by atoms with Crippen LogP contribution in [-0.4, -0.2) is 60.0 Å². The molecule has 1 aromatic rings. The van der Waals surface area contributed by atoms with Crippen molar-refractivity contribution in [1.82, 2.24) is 14.9 Å². The van der Waals surface area contributed by atoms with Crippen molar-refractivity contribution < 1.29 is 17.9 Å². The first kappa shape index (κ1) is 17.4. The lowest BCUT2D eigenvalue weighted by Gasteiger charge is -2.15. The van der Waals surface area contributed by atoms with Crippen LogP contribution >= 0.6 is 0 Å². The molecule has 0 aliphatic carbocycles. The molecule has 118 valence electrons. The van der Waals surface area contributed by atoms with Crippen molar-refractivity contribution in [1.29, 1.82) is 0 Å². The predicted molar refractivity (Wildman–Crippen MR) is 80.1 cm³/mol. The number of likely N-dealkylation sites (N-methyl/N-ethyl adjacent to an activating group) is 1. The van der Waals surface area contributed by atoms with E-state index in [0.29, 0.717) is 13.1 Å². The molecule has 1 aromatic carbocycles. The van der Waals surface area contributed by atoms with Gasteiger partial charge in [-0.25, -0.2) is 12.7 Å². The highest BCUT2D eigenvalue weighted by molar-refractivity contribution is 7.89. The van der Waals surface area contributed by atoms with Crippen LogP contribution in [0.25, 0.3) is 0 Å². The summed E-state index contributed by atoms with van der Waals surface area (Å²) < 4.78 is 30.6. The predicted octanol–water partition coefficient (Wildman–Crippen LogP) is -0.105. The Labute approximate surface area is 125 Å². The molecule has 0 fully saturated rings. The van der Waals surface area contributed by atoms with E-state index in [-0.39, 0.29) is 22.1 Å². The van der Waals surface area contributed by atoms with Crippen LogP contribution in [0.1, 0.15) is 10.4 Å². The van der Waals surface area contributed by atoms with Gasteiger partial charge < -0.3 is 15.4 Å². The van der Waals surface area contributed by atoms with E-state index < -0.39 is 10.0 Å². The summed E-state index contributed by atoms with van der Waals surface area (Å²) in [6, 6.07) is 4.33. The van der Waals surface area contributed by atoms with Gasteiger partial charge in [-0.3, -0.25) is 4.79 Å². The summed E-state index contributed by atoms with van der Waals surface area (Å²) in [4.78, 5) is 11.9. The molecular weight excluding hydrogens is 294 g/mol. The van der Waals surface area contributed by atoms with Gasteiger partial charge in [0.2, 0.25) is 10.0 Å². The molecule has 0 bridgehead atoms. The molecule has 0 atom stereocenters. The highest BCUT2D eigenvalue weighted by atomic mass is 32.2. The second-order valence-electron chi connectivity index (χ2n) is 4.51. The van der Waals surface area contributed by atoms with Crippen LogP contribution in [0.15, 0.2) is 23.1 Å². The molecule has 21 heavy (non-hydrogen) atoms. The average Bonchev–Trinajstić information content (AvgIpc) is 2.46. The first-order chi connectivity index (χ1) is 9.84. The molecule has 0 aliphatic heterocycles. The third kappa shape index (κ3) is 4.16. The Kier molecular flexibility index (Phi) is 6.13. The minimum atomic E-state index is -3.68. The fraction of sp³-hybridized carbons (Fsp3) is 0.462. The van der Waals surface area contributed by atoms with Crippen LogP contribution in [0.5, 0.6) is 5.75 Å². The zero-order chi connectivity index (χ0) is 16.0. The van der Waals surface area contributed by atoms with Crippen LogP contribution in [0.2, 0.25) is 0 Å². The van der Waals surface area contributed by atoms with Crippen LogP contribution in [0.4, 0.5) is 0 Å². The number of methoxy groups -OCH3 is 1. The molecular formula is C13H21N3O4S. The van der Waals surface area contributed by atoms with Gasteiger partial charge in [0, 0.05) is 32.7 Å². The molecule has 8 heteroatoms. The van der Waals surface area contributed by atoms with E-state index in [4.69, 9.17) is 4.74 Å². The number of rotatable bonds is 7.